The molecule has 1 aromatic rings. The molecule has 134 valence electrons. The second-order valence-electron chi connectivity index (χ2n) is 7.02. The molecule has 2 aliphatic rings. The van der Waals surface area contributed by atoms with Crippen molar-refractivity contribution in [3.05, 3.63) is 48.3 Å². The largest absolute Gasteiger partial charge is 0.338 e. The average molecular weight is 345 g/mol. The van der Waals surface area contributed by atoms with Crippen molar-refractivity contribution in [2.24, 2.45) is 11.3 Å². The van der Waals surface area contributed by atoms with E-state index in [-0.39, 0.29) is 30.2 Å². The SMILES string of the molecule is C=CCN1CC[C@]2(CN(C(=O)NCc3cccc(F)c3)C[C@H]2C)C1=O. The first-order chi connectivity index (χ1) is 12.0. The number of halogens is 1. The number of hydrogen-bond acceptors (Lipinski definition) is 2. The third kappa shape index (κ3) is 3.25. The fourth-order valence-corrected chi connectivity index (χ4v) is 3.95. The molecule has 0 unspecified atom stereocenters. The highest BCUT2D eigenvalue weighted by Crippen LogP contribution is 2.44. The standard InChI is InChI=1S/C19H24FN3O2/c1-3-8-22-9-7-19(17(22)24)13-23(12-14(19)2)18(25)21-11-15-5-4-6-16(20)10-15/h3-6,10,14H,1,7-9,11-13H2,2H3,(H,21,25)/t14-,19-/m1/s1. The average Bonchev–Trinajstić information content (AvgIpc) is 3.09. The lowest BCUT2D eigenvalue weighted by atomic mass is 9.78. The Morgan fingerprint density at radius 1 is 1.52 bits per heavy atom. The number of benzene rings is 1. The van der Waals surface area contributed by atoms with Crippen molar-refractivity contribution in [2.75, 3.05) is 26.2 Å². The van der Waals surface area contributed by atoms with Crippen molar-refractivity contribution in [3.8, 4) is 0 Å². The summed E-state index contributed by atoms with van der Waals surface area (Å²) < 4.78 is 13.2. The van der Waals surface area contributed by atoms with Crippen LogP contribution in [0.1, 0.15) is 18.9 Å². The molecule has 3 rings (SSSR count). The van der Waals surface area contributed by atoms with Crippen LogP contribution in [0.5, 0.6) is 0 Å². The topological polar surface area (TPSA) is 52.6 Å². The molecule has 2 saturated heterocycles. The van der Waals surface area contributed by atoms with E-state index in [1.807, 2.05) is 11.8 Å². The van der Waals surface area contributed by atoms with E-state index in [1.54, 1.807) is 23.1 Å². The highest BCUT2D eigenvalue weighted by atomic mass is 19.1. The number of urea groups is 1. The number of nitrogens with zero attached hydrogens (tertiary/aromatic N) is 2. The van der Waals surface area contributed by atoms with Gasteiger partial charge < -0.3 is 15.1 Å². The van der Waals surface area contributed by atoms with Crippen LogP contribution in [0, 0.1) is 17.2 Å². The monoisotopic (exact) mass is 345 g/mol. The van der Waals surface area contributed by atoms with Crippen LogP contribution < -0.4 is 5.32 Å². The van der Waals surface area contributed by atoms with Gasteiger partial charge in [-0.25, -0.2) is 9.18 Å². The summed E-state index contributed by atoms with van der Waals surface area (Å²) in [5.74, 6) is -0.0746. The maximum absolute atomic E-state index is 13.2. The molecule has 0 aromatic heterocycles. The number of rotatable bonds is 4. The zero-order chi connectivity index (χ0) is 18.0. The molecule has 0 bridgehead atoms. The Balaban J connectivity index is 1.62. The van der Waals surface area contributed by atoms with E-state index in [9.17, 15) is 14.0 Å². The van der Waals surface area contributed by atoms with Crippen molar-refractivity contribution >= 4 is 11.9 Å². The van der Waals surface area contributed by atoms with Gasteiger partial charge in [0.15, 0.2) is 0 Å². The lowest BCUT2D eigenvalue weighted by Gasteiger charge is -2.26. The Kier molecular flexibility index (Phi) is 4.79. The van der Waals surface area contributed by atoms with Gasteiger partial charge in [-0.2, -0.15) is 0 Å². The highest BCUT2D eigenvalue weighted by molar-refractivity contribution is 5.87. The summed E-state index contributed by atoms with van der Waals surface area (Å²) in [5, 5.41) is 2.83. The lowest BCUT2D eigenvalue weighted by molar-refractivity contribution is -0.136. The molecule has 2 heterocycles. The number of hydrogen-bond donors (Lipinski definition) is 1. The van der Waals surface area contributed by atoms with Gasteiger partial charge in [-0.15, -0.1) is 6.58 Å². The molecule has 2 fully saturated rings. The van der Waals surface area contributed by atoms with Gasteiger partial charge in [0.25, 0.3) is 0 Å². The molecule has 25 heavy (non-hydrogen) atoms. The second kappa shape index (κ2) is 6.86. The molecule has 0 radical (unpaired) electrons. The quantitative estimate of drug-likeness (QED) is 0.852. The van der Waals surface area contributed by atoms with Crippen LogP contribution in [0.15, 0.2) is 36.9 Å². The Hall–Kier alpha value is -2.37. The predicted octanol–water partition coefficient (Wildman–Crippen LogP) is 2.39. The van der Waals surface area contributed by atoms with E-state index in [2.05, 4.69) is 11.9 Å². The highest BCUT2D eigenvalue weighted by Gasteiger charge is 2.55. The summed E-state index contributed by atoms with van der Waals surface area (Å²) in [6, 6.07) is 5.96. The van der Waals surface area contributed by atoms with Gasteiger partial charge in [0.05, 0.1) is 5.41 Å². The van der Waals surface area contributed by atoms with Crippen LogP contribution in [0.25, 0.3) is 0 Å². The third-order valence-corrected chi connectivity index (χ3v) is 5.42. The van der Waals surface area contributed by atoms with Gasteiger partial charge in [0.2, 0.25) is 5.91 Å². The minimum absolute atomic E-state index is 0.120. The minimum atomic E-state index is -0.473. The van der Waals surface area contributed by atoms with Gasteiger partial charge in [0, 0.05) is 32.7 Å². The molecule has 3 amide bonds. The first kappa shape index (κ1) is 17.5. The molecule has 1 aromatic carbocycles. The normalized spacial score (nSPS) is 25.7. The molecule has 0 saturated carbocycles. The smallest absolute Gasteiger partial charge is 0.317 e. The summed E-state index contributed by atoms with van der Waals surface area (Å²) in [5.41, 5.74) is 0.239. The molecule has 5 nitrogen and oxygen atoms in total. The Labute approximate surface area is 147 Å². The number of likely N-dealkylation sites (tertiary alicyclic amines) is 2. The second-order valence-corrected chi connectivity index (χ2v) is 7.02. The van der Waals surface area contributed by atoms with Crippen LogP contribution in [0.2, 0.25) is 0 Å². The van der Waals surface area contributed by atoms with Gasteiger partial charge >= 0.3 is 6.03 Å². The zero-order valence-corrected chi connectivity index (χ0v) is 14.5. The van der Waals surface area contributed by atoms with Crippen molar-refractivity contribution < 1.29 is 14.0 Å². The number of amides is 3. The molecule has 2 aliphatic heterocycles. The Bertz CT molecular complexity index is 693. The van der Waals surface area contributed by atoms with Gasteiger partial charge in [-0.1, -0.05) is 25.1 Å². The fourth-order valence-electron chi connectivity index (χ4n) is 3.95. The van der Waals surface area contributed by atoms with E-state index in [1.165, 1.54) is 12.1 Å². The zero-order valence-electron chi connectivity index (χ0n) is 14.5. The van der Waals surface area contributed by atoms with Crippen LogP contribution in [0.4, 0.5) is 9.18 Å². The summed E-state index contributed by atoms with van der Waals surface area (Å²) in [6.07, 6.45) is 2.51. The van der Waals surface area contributed by atoms with Crippen LogP contribution in [0.3, 0.4) is 0 Å². The molecular formula is C19H24FN3O2. The van der Waals surface area contributed by atoms with Gasteiger partial charge in [-0.3, -0.25) is 4.79 Å². The maximum atomic E-state index is 13.2. The van der Waals surface area contributed by atoms with E-state index in [0.29, 0.717) is 31.7 Å². The summed E-state index contributed by atoms with van der Waals surface area (Å²) in [6.45, 7) is 8.27. The molecular weight excluding hydrogens is 321 g/mol. The van der Waals surface area contributed by atoms with E-state index >= 15 is 0 Å². The van der Waals surface area contributed by atoms with Gasteiger partial charge in [0.1, 0.15) is 5.82 Å². The fraction of sp³-hybridized carbons (Fsp3) is 0.474. The lowest BCUT2D eigenvalue weighted by Crippen LogP contribution is -2.42. The predicted molar refractivity (Wildman–Crippen MR) is 93.2 cm³/mol. The molecule has 6 heteroatoms. The first-order valence-electron chi connectivity index (χ1n) is 8.64. The van der Waals surface area contributed by atoms with Crippen LogP contribution in [-0.2, 0) is 11.3 Å². The molecule has 1 spiro atoms. The summed E-state index contributed by atoms with van der Waals surface area (Å²) in [4.78, 5) is 28.8. The van der Waals surface area contributed by atoms with Gasteiger partial charge in [-0.05, 0) is 30.0 Å². The van der Waals surface area contributed by atoms with Crippen LogP contribution >= 0.6 is 0 Å². The number of carbonyl (C=O) groups excluding carboxylic acids is 2. The Morgan fingerprint density at radius 2 is 2.32 bits per heavy atom. The number of carbonyl (C=O) groups is 2. The summed E-state index contributed by atoms with van der Waals surface area (Å²) in [7, 11) is 0. The summed E-state index contributed by atoms with van der Waals surface area (Å²) >= 11 is 0. The minimum Gasteiger partial charge on any atom is -0.338 e. The van der Waals surface area contributed by atoms with Crippen molar-refractivity contribution in [1.29, 1.82) is 0 Å². The first-order valence-corrected chi connectivity index (χ1v) is 8.64. The van der Waals surface area contributed by atoms with Crippen molar-refractivity contribution in [1.82, 2.24) is 15.1 Å². The number of nitrogens with one attached hydrogen (secondary N) is 1. The third-order valence-electron chi connectivity index (χ3n) is 5.42. The van der Waals surface area contributed by atoms with Crippen molar-refractivity contribution in [2.45, 2.75) is 19.9 Å². The molecule has 0 aliphatic carbocycles. The van der Waals surface area contributed by atoms with E-state index in [4.69, 9.17) is 0 Å². The Morgan fingerprint density at radius 3 is 3.04 bits per heavy atom. The van der Waals surface area contributed by atoms with Crippen LogP contribution in [-0.4, -0.2) is 47.9 Å². The van der Waals surface area contributed by atoms with Crippen molar-refractivity contribution in [3.63, 3.8) is 0 Å². The molecule has 2 atom stereocenters. The molecule has 1 N–H and O–H groups in total. The maximum Gasteiger partial charge on any atom is 0.317 e. The van der Waals surface area contributed by atoms with E-state index < -0.39 is 5.41 Å². The van der Waals surface area contributed by atoms with E-state index in [0.717, 1.165) is 6.42 Å².